The quantitative estimate of drug-likeness (QED) is 0.638. The van der Waals surface area contributed by atoms with E-state index in [4.69, 9.17) is 10.00 Å². The molecule has 0 radical (unpaired) electrons. The molecule has 0 aromatic carbocycles. The Balaban J connectivity index is 3.91. The van der Waals surface area contributed by atoms with E-state index in [1.807, 2.05) is 0 Å². The molecule has 0 aliphatic carbocycles. The molecule has 0 aromatic rings. The van der Waals surface area contributed by atoms with Crippen LogP contribution in [0.3, 0.4) is 0 Å². The number of aliphatic hydroxyl groups excluding tert-OH is 1. The molecule has 0 bridgehead atoms. The van der Waals surface area contributed by atoms with Crippen molar-refractivity contribution in [3.05, 3.63) is 0 Å². The monoisotopic (exact) mass is 198 g/mol. The van der Waals surface area contributed by atoms with Crippen molar-refractivity contribution in [1.82, 2.24) is 0 Å². The van der Waals surface area contributed by atoms with Gasteiger partial charge in [-0.25, -0.2) is 4.57 Å². The Labute approximate surface area is 71.9 Å². The van der Waals surface area contributed by atoms with Gasteiger partial charge in [-0.1, -0.05) is 13.8 Å². The fraction of sp³-hybridized carbons (Fsp3) is 1.00. The summed E-state index contributed by atoms with van der Waals surface area (Å²) in [6.07, 6.45) is 0. The SMILES string of the molecule is COP(=O)(O)OCC(C)(C)CO. The van der Waals surface area contributed by atoms with Crippen molar-refractivity contribution in [3.63, 3.8) is 0 Å². The van der Waals surface area contributed by atoms with Crippen molar-refractivity contribution in [2.45, 2.75) is 13.8 Å². The van der Waals surface area contributed by atoms with Gasteiger partial charge < -0.3 is 10.00 Å². The molecular formula is C6H15O5P. The smallest absolute Gasteiger partial charge is 0.396 e. The Hall–Kier alpha value is 0.0700. The molecule has 0 rings (SSSR count). The summed E-state index contributed by atoms with van der Waals surface area (Å²) in [5.74, 6) is 0. The van der Waals surface area contributed by atoms with Crippen molar-refractivity contribution >= 4 is 7.82 Å². The van der Waals surface area contributed by atoms with Crippen LogP contribution in [0, 0.1) is 5.41 Å². The van der Waals surface area contributed by atoms with E-state index in [2.05, 4.69) is 9.05 Å². The van der Waals surface area contributed by atoms with Gasteiger partial charge in [-0.2, -0.15) is 0 Å². The molecule has 6 heteroatoms. The van der Waals surface area contributed by atoms with E-state index in [1.54, 1.807) is 13.8 Å². The number of rotatable bonds is 5. The summed E-state index contributed by atoms with van der Waals surface area (Å²) in [5.41, 5.74) is -0.531. The fourth-order valence-electron chi connectivity index (χ4n) is 0.355. The Morgan fingerprint density at radius 3 is 2.33 bits per heavy atom. The van der Waals surface area contributed by atoms with Gasteiger partial charge in [0.15, 0.2) is 0 Å². The highest BCUT2D eigenvalue weighted by Gasteiger charge is 2.25. The molecular weight excluding hydrogens is 183 g/mol. The highest BCUT2D eigenvalue weighted by Crippen LogP contribution is 2.43. The van der Waals surface area contributed by atoms with Crippen LogP contribution < -0.4 is 0 Å². The maximum absolute atomic E-state index is 10.8. The number of aliphatic hydroxyl groups is 1. The van der Waals surface area contributed by atoms with E-state index in [9.17, 15) is 4.57 Å². The zero-order chi connectivity index (χ0) is 9.83. The van der Waals surface area contributed by atoms with Gasteiger partial charge in [-0.15, -0.1) is 0 Å². The predicted octanol–water partition coefficient (Wildman–Crippen LogP) is 0.768. The number of phosphoric acid groups is 1. The minimum atomic E-state index is -3.89. The summed E-state index contributed by atoms with van der Waals surface area (Å²) in [6.45, 7) is 3.28. The molecule has 74 valence electrons. The normalized spacial score (nSPS) is 17.4. The highest BCUT2D eigenvalue weighted by atomic mass is 31.2. The van der Waals surface area contributed by atoms with Crippen LogP contribution in [-0.2, 0) is 13.6 Å². The van der Waals surface area contributed by atoms with Crippen LogP contribution in [-0.4, -0.2) is 30.3 Å². The number of hydrogen-bond acceptors (Lipinski definition) is 4. The van der Waals surface area contributed by atoms with Crippen molar-refractivity contribution in [3.8, 4) is 0 Å². The summed E-state index contributed by atoms with van der Waals surface area (Å²) in [4.78, 5) is 8.81. The molecule has 0 saturated carbocycles. The summed E-state index contributed by atoms with van der Waals surface area (Å²) >= 11 is 0. The lowest BCUT2D eigenvalue weighted by molar-refractivity contribution is 0.0720. The van der Waals surface area contributed by atoms with E-state index in [0.29, 0.717) is 0 Å². The van der Waals surface area contributed by atoms with E-state index in [1.165, 1.54) is 0 Å². The third kappa shape index (κ3) is 4.85. The number of hydrogen-bond donors (Lipinski definition) is 2. The molecule has 1 unspecified atom stereocenters. The molecule has 0 amide bonds. The first-order valence-electron chi connectivity index (χ1n) is 3.47. The molecule has 0 fully saturated rings. The molecule has 0 heterocycles. The lowest BCUT2D eigenvalue weighted by atomic mass is 9.97. The third-order valence-corrected chi connectivity index (χ3v) is 2.19. The summed E-state index contributed by atoms with van der Waals surface area (Å²) in [7, 11) is -2.80. The highest BCUT2D eigenvalue weighted by molar-refractivity contribution is 7.47. The van der Waals surface area contributed by atoms with Crippen molar-refractivity contribution in [2.75, 3.05) is 20.3 Å². The molecule has 1 atom stereocenters. The van der Waals surface area contributed by atoms with Gasteiger partial charge >= 0.3 is 7.82 Å². The van der Waals surface area contributed by atoms with Crippen LogP contribution in [0.4, 0.5) is 0 Å². The summed E-state index contributed by atoms with van der Waals surface area (Å²) in [6, 6.07) is 0. The Morgan fingerprint density at radius 1 is 1.50 bits per heavy atom. The predicted molar refractivity (Wildman–Crippen MR) is 43.7 cm³/mol. The summed E-state index contributed by atoms with van der Waals surface area (Å²) < 4.78 is 19.5. The molecule has 0 aromatic heterocycles. The van der Waals surface area contributed by atoms with Crippen LogP contribution in [0.25, 0.3) is 0 Å². The van der Waals surface area contributed by atoms with Gasteiger partial charge in [0, 0.05) is 12.5 Å². The molecule has 0 spiro atoms. The molecule has 12 heavy (non-hydrogen) atoms. The average molecular weight is 198 g/mol. The molecule has 2 N–H and O–H groups in total. The van der Waals surface area contributed by atoms with Gasteiger partial charge in [0.05, 0.1) is 13.2 Å². The first-order chi connectivity index (χ1) is 5.33. The first kappa shape index (κ1) is 12.1. The van der Waals surface area contributed by atoms with Crippen LogP contribution in [0.15, 0.2) is 0 Å². The standard InChI is InChI=1S/C6H15O5P/c1-6(2,4-7)5-11-12(8,9)10-3/h7H,4-5H2,1-3H3,(H,8,9). The molecule has 0 aliphatic heterocycles. The van der Waals surface area contributed by atoms with E-state index in [-0.39, 0.29) is 13.2 Å². The van der Waals surface area contributed by atoms with Gasteiger partial charge in [0.25, 0.3) is 0 Å². The lowest BCUT2D eigenvalue weighted by Crippen LogP contribution is -2.23. The van der Waals surface area contributed by atoms with Crippen LogP contribution in [0.2, 0.25) is 0 Å². The van der Waals surface area contributed by atoms with Gasteiger partial charge in [0.1, 0.15) is 0 Å². The molecule has 0 saturated heterocycles. The molecule has 0 aliphatic rings. The maximum atomic E-state index is 10.8. The number of phosphoric ester groups is 1. The fourth-order valence-corrected chi connectivity index (χ4v) is 0.973. The van der Waals surface area contributed by atoms with Gasteiger partial charge in [-0.05, 0) is 0 Å². The Kier molecular flexibility index (Phi) is 4.37. The largest absolute Gasteiger partial charge is 0.471 e. The van der Waals surface area contributed by atoms with Crippen molar-refractivity contribution in [1.29, 1.82) is 0 Å². The first-order valence-corrected chi connectivity index (χ1v) is 4.96. The van der Waals surface area contributed by atoms with E-state index >= 15 is 0 Å². The van der Waals surface area contributed by atoms with E-state index in [0.717, 1.165) is 7.11 Å². The topological polar surface area (TPSA) is 76.0 Å². The van der Waals surface area contributed by atoms with Gasteiger partial charge in [-0.3, -0.25) is 9.05 Å². The zero-order valence-electron chi connectivity index (χ0n) is 7.48. The van der Waals surface area contributed by atoms with Crippen LogP contribution in [0.5, 0.6) is 0 Å². The Morgan fingerprint density at radius 2 is 2.00 bits per heavy atom. The third-order valence-electron chi connectivity index (χ3n) is 1.28. The van der Waals surface area contributed by atoms with Crippen LogP contribution in [0.1, 0.15) is 13.8 Å². The van der Waals surface area contributed by atoms with Crippen molar-refractivity contribution < 1.29 is 23.6 Å². The summed E-state index contributed by atoms with van der Waals surface area (Å²) in [5, 5.41) is 8.77. The zero-order valence-corrected chi connectivity index (χ0v) is 8.38. The molecule has 5 nitrogen and oxygen atoms in total. The van der Waals surface area contributed by atoms with Gasteiger partial charge in [0.2, 0.25) is 0 Å². The second-order valence-electron chi connectivity index (χ2n) is 3.25. The van der Waals surface area contributed by atoms with Crippen LogP contribution >= 0.6 is 7.82 Å². The maximum Gasteiger partial charge on any atom is 0.471 e. The second kappa shape index (κ2) is 4.35. The minimum absolute atomic E-state index is 0.0227. The van der Waals surface area contributed by atoms with E-state index < -0.39 is 13.2 Å². The lowest BCUT2D eigenvalue weighted by Gasteiger charge is -2.21. The average Bonchev–Trinajstić information content (AvgIpc) is 2.02. The minimum Gasteiger partial charge on any atom is -0.396 e. The second-order valence-corrected chi connectivity index (χ2v) is 4.81. The Bertz CT molecular complexity index is 179. The van der Waals surface area contributed by atoms with Crippen molar-refractivity contribution in [2.24, 2.45) is 5.41 Å².